The van der Waals surface area contributed by atoms with Crippen molar-refractivity contribution in [3.05, 3.63) is 83.7 Å². The van der Waals surface area contributed by atoms with Crippen molar-refractivity contribution >= 4 is 16.7 Å². The third kappa shape index (κ3) is 3.40. The maximum Gasteiger partial charge on any atom is 0.165 e. The SMILES string of the molecule is Cc1cc2nc(C)c3cc(-c4ccccc4)c(-c4ccc(C5CC(C)(O)C5)cc4)nc3n2n1. The molecule has 1 N–H and O–H groups in total. The number of rotatable bonds is 3. The number of aromatic nitrogens is 4. The lowest BCUT2D eigenvalue weighted by Gasteiger charge is -2.41. The minimum Gasteiger partial charge on any atom is -0.390 e. The molecular formula is C28H26N4O. The topological polar surface area (TPSA) is 63.3 Å². The van der Waals surface area contributed by atoms with Gasteiger partial charge < -0.3 is 5.11 Å². The van der Waals surface area contributed by atoms with Crippen molar-refractivity contribution in [2.45, 2.75) is 45.1 Å². The Morgan fingerprint density at radius 3 is 2.33 bits per heavy atom. The van der Waals surface area contributed by atoms with Crippen molar-refractivity contribution in [1.82, 2.24) is 19.6 Å². The summed E-state index contributed by atoms with van der Waals surface area (Å²) in [5.41, 5.74) is 8.45. The first-order valence-electron chi connectivity index (χ1n) is 11.4. The van der Waals surface area contributed by atoms with Crippen molar-refractivity contribution in [2.75, 3.05) is 0 Å². The van der Waals surface area contributed by atoms with Gasteiger partial charge in [0.25, 0.3) is 0 Å². The Bertz CT molecular complexity index is 1490. The molecule has 1 aliphatic rings. The molecule has 5 aromatic rings. The number of benzene rings is 2. The van der Waals surface area contributed by atoms with Gasteiger partial charge >= 0.3 is 0 Å². The van der Waals surface area contributed by atoms with Crippen LogP contribution in [0.5, 0.6) is 0 Å². The van der Waals surface area contributed by atoms with E-state index in [9.17, 15) is 5.11 Å². The van der Waals surface area contributed by atoms with Crippen molar-refractivity contribution in [3.63, 3.8) is 0 Å². The number of nitrogens with zero attached hydrogens (tertiary/aromatic N) is 4. The molecule has 0 atom stereocenters. The molecule has 0 unspecified atom stereocenters. The zero-order chi connectivity index (χ0) is 22.7. The lowest BCUT2D eigenvalue weighted by atomic mass is 9.69. The second kappa shape index (κ2) is 7.22. The number of fused-ring (bicyclic) bond motifs is 3. The van der Waals surface area contributed by atoms with Gasteiger partial charge in [-0.15, -0.1) is 0 Å². The fourth-order valence-corrected chi connectivity index (χ4v) is 5.09. The normalized spacial score (nSPS) is 20.3. The van der Waals surface area contributed by atoms with Gasteiger partial charge in [0.05, 0.1) is 22.7 Å². The molecule has 2 aromatic carbocycles. The highest BCUT2D eigenvalue weighted by atomic mass is 16.3. The molecule has 164 valence electrons. The van der Waals surface area contributed by atoms with Crippen molar-refractivity contribution in [3.8, 4) is 22.4 Å². The first kappa shape index (κ1) is 20.1. The van der Waals surface area contributed by atoms with Crippen LogP contribution in [0.3, 0.4) is 0 Å². The van der Waals surface area contributed by atoms with Crippen LogP contribution < -0.4 is 0 Å². The average Bonchev–Trinajstić information content (AvgIpc) is 3.17. The van der Waals surface area contributed by atoms with Gasteiger partial charge in [0, 0.05) is 22.6 Å². The number of hydrogen-bond donors (Lipinski definition) is 1. The Labute approximate surface area is 192 Å². The van der Waals surface area contributed by atoms with E-state index in [1.54, 1.807) is 0 Å². The van der Waals surface area contributed by atoms with Gasteiger partial charge in [0.2, 0.25) is 0 Å². The molecule has 0 spiro atoms. The molecule has 0 amide bonds. The lowest BCUT2D eigenvalue weighted by Crippen LogP contribution is -2.39. The fourth-order valence-electron chi connectivity index (χ4n) is 5.09. The summed E-state index contributed by atoms with van der Waals surface area (Å²) in [7, 11) is 0. The summed E-state index contributed by atoms with van der Waals surface area (Å²) in [4.78, 5) is 9.94. The van der Waals surface area contributed by atoms with Crippen LogP contribution in [0.2, 0.25) is 0 Å². The maximum absolute atomic E-state index is 10.1. The highest BCUT2D eigenvalue weighted by Crippen LogP contribution is 2.44. The zero-order valence-corrected chi connectivity index (χ0v) is 19.1. The molecule has 3 aromatic heterocycles. The molecular weight excluding hydrogens is 408 g/mol. The van der Waals surface area contributed by atoms with Crippen LogP contribution in [-0.2, 0) is 0 Å². The van der Waals surface area contributed by atoms with E-state index in [1.807, 2.05) is 37.4 Å². The molecule has 1 saturated carbocycles. The number of aliphatic hydroxyl groups is 1. The van der Waals surface area contributed by atoms with E-state index >= 15 is 0 Å². The molecule has 0 bridgehead atoms. The van der Waals surface area contributed by atoms with Crippen LogP contribution >= 0.6 is 0 Å². The summed E-state index contributed by atoms with van der Waals surface area (Å²) >= 11 is 0. The van der Waals surface area contributed by atoms with E-state index in [2.05, 4.69) is 59.7 Å². The maximum atomic E-state index is 10.1. The first-order chi connectivity index (χ1) is 15.9. The standard InChI is InChI=1S/C28H26N4O/c1-17-13-25-29-18(2)23-14-24(20-7-5-4-6-8-20)26(30-27(23)32(25)31-17)21-11-9-19(10-12-21)22-15-28(3,33)16-22/h4-14,22,33H,15-16H2,1-3H3. The van der Waals surface area contributed by atoms with Crippen molar-refractivity contribution in [2.24, 2.45) is 0 Å². The predicted molar refractivity (Wildman–Crippen MR) is 131 cm³/mol. The van der Waals surface area contributed by atoms with E-state index in [0.717, 1.165) is 63.3 Å². The quantitative estimate of drug-likeness (QED) is 0.386. The van der Waals surface area contributed by atoms with E-state index < -0.39 is 5.60 Å². The highest BCUT2D eigenvalue weighted by Gasteiger charge is 2.38. The summed E-state index contributed by atoms with van der Waals surface area (Å²) in [6.45, 7) is 5.92. The second-order valence-corrected chi connectivity index (χ2v) is 9.60. The first-order valence-corrected chi connectivity index (χ1v) is 11.4. The molecule has 5 nitrogen and oxygen atoms in total. The smallest absolute Gasteiger partial charge is 0.165 e. The molecule has 6 rings (SSSR count). The third-order valence-electron chi connectivity index (χ3n) is 6.80. The van der Waals surface area contributed by atoms with Crippen LogP contribution in [0.15, 0.2) is 66.7 Å². The van der Waals surface area contributed by atoms with Gasteiger partial charge in [-0.3, -0.25) is 0 Å². The van der Waals surface area contributed by atoms with Crippen molar-refractivity contribution in [1.29, 1.82) is 0 Å². The molecule has 0 radical (unpaired) electrons. The average molecular weight is 435 g/mol. The molecule has 1 fully saturated rings. The Balaban J connectivity index is 1.55. The largest absolute Gasteiger partial charge is 0.390 e. The molecule has 0 saturated heterocycles. The van der Waals surface area contributed by atoms with E-state index in [1.165, 1.54) is 5.56 Å². The van der Waals surface area contributed by atoms with Crippen LogP contribution in [0.1, 0.15) is 42.6 Å². The van der Waals surface area contributed by atoms with E-state index in [-0.39, 0.29) is 0 Å². The number of aryl methyl sites for hydroxylation is 2. The summed E-state index contributed by atoms with van der Waals surface area (Å²) in [6.07, 6.45) is 1.64. The minimum absolute atomic E-state index is 0.424. The monoisotopic (exact) mass is 434 g/mol. The van der Waals surface area contributed by atoms with E-state index in [0.29, 0.717) is 5.92 Å². The highest BCUT2D eigenvalue weighted by molar-refractivity contribution is 5.92. The van der Waals surface area contributed by atoms with Crippen molar-refractivity contribution < 1.29 is 5.11 Å². The predicted octanol–water partition coefficient (Wildman–Crippen LogP) is 5.86. The number of hydrogen-bond acceptors (Lipinski definition) is 4. The Kier molecular flexibility index (Phi) is 4.39. The Morgan fingerprint density at radius 1 is 0.909 bits per heavy atom. The van der Waals surface area contributed by atoms with Gasteiger partial charge in [-0.25, -0.2) is 9.97 Å². The van der Waals surface area contributed by atoms with Crippen LogP contribution in [0.4, 0.5) is 0 Å². The fraction of sp³-hybridized carbons (Fsp3) is 0.250. The van der Waals surface area contributed by atoms with Gasteiger partial charge in [-0.2, -0.15) is 9.61 Å². The Hall–Kier alpha value is -3.57. The van der Waals surface area contributed by atoms with E-state index in [4.69, 9.17) is 9.97 Å². The molecule has 0 aliphatic heterocycles. The van der Waals surface area contributed by atoms with Gasteiger partial charge in [-0.1, -0.05) is 54.6 Å². The minimum atomic E-state index is -0.525. The van der Waals surface area contributed by atoms with Gasteiger partial charge in [0.1, 0.15) is 0 Å². The van der Waals surface area contributed by atoms with Gasteiger partial charge in [-0.05, 0) is 56.7 Å². The zero-order valence-electron chi connectivity index (χ0n) is 19.1. The molecule has 5 heteroatoms. The summed E-state index contributed by atoms with van der Waals surface area (Å²) in [6, 6.07) is 23.2. The molecule has 33 heavy (non-hydrogen) atoms. The van der Waals surface area contributed by atoms with Gasteiger partial charge in [0.15, 0.2) is 11.3 Å². The Morgan fingerprint density at radius 2 is 1.64 bits per heavy atom. The lowest BCUT2D eigenvalue weighted by molar-refractivity contribution is -0.0313. The molecule has 3 heterocycles. The molecule has 1 aliphatic carbocycles. The van der Waals surface area contributed by atoms with Crippen LogP contribution in [0.25, 0.3) is 39.1 Å². The third-order valence-corrected chi connectivity index (χ3v) is 6.80. The van der Waals surface area contributed by atoms with Crippen LogP contribution in [-0.4, -0.2) is 30.3 Å². The summed E-state index contributed by atoms with van der Waals surface area (Å²) in [5.74, 6) is 0.424. The number of pyridine rings is 1. The summed E-state index contributed by atoms with van der Waals surface area (Å²) < 4.78 is 1.85. The van der Waals surface area contributed by atoms with Crippen LogP contribution in [0, 0.1) is 13.8 Å². The summed E-state index contributed by atoms with van der Waals surface area (Å²) in [5, 5.41) is 15.8. The second-order valence-electron chi connectivity index (χ2n) is 9.60.